The van der Waals surface area contributed by atoms with Gasteiger partial charge in [0, 0.05) is 7.11 Å². The maximum absolute atomic E-state index is 10.5. The molecule has 0 unspecified atom stereocenters. The minimum atomic E-state index is -0.909. The Balaban J connectivity index is 2.34. The molecule has 0 bridgehead atoms. The van der Waals surface area contributed by atoms with E-state index in [0.29, 0.717) is 22.4 Å². The van der Waals surface area contributed by atoms with Crippen LogP contribution in [0.1, 0.15) is 10.8 Å². The first-order chi connectivity index (χ1) is 7.20. The van der Waals surface area contributed by atoms with Crippen molar-refractivity contribution in [3.05, 3.63) is 10.8 Å². The third-order valence-corrected chi connectivity index (χ3v) is 2.57. The molecule has 1 N–H and O–H groups in total. The molecule has 0 aliphatic carbocycles. The van der Waals surface area contributed by atoms with Crippen LogP contribution in [0.25, 0.3) is 4.96 Å². The topological polar surface area (TPSA) is 89.6 Å². The van der Waals surface area contributed by atoms with Crippen molar-refractivity contribution in [3.8, 4) is 0 Å². The minimum Gasteiger partial charge on any atom is -0.481 e. The number of ether oxygens (including phenoxy) is 1. The van der Waals surface area contributed by atoms with E-state index >= 15 is 0 Å². The Morgan fingerprint density at radius 2 is 2.40 bits per heavy atom. The molecule has 0 radical (unpaired) electrons. The number of carboxylic acids is 1. The van der Waals surface area contributed by atoms with Crippen molar-refractivity contribution in [1.82, 2.24) is 19.8 Å². The van der Waals surface area contributed by atoms with E-state index in [-0.39, 0.29) is 6.42 Å². The summed E-state index contributed by atoms with van der Waals surface area (Å²) in [6, 6.07) is 0. The van der Waals surface area contributed by atoms with Gasteiger partial charge in [0.05, 0.1) is 6.42 Å². The molecule has 0 saturated heterocycles. The summed E-state index contributed by atoms with van der Waals surface area (Å²) in [6.45, 7) is 0.303. The zero-order valence-corrected chi connectivity index (χ0v) is 8.69. The predicted molar refractivity (Wildman–Crippen MR) is 50.7 cm³/mol. The fourth-order valence-corrected chi connectivity index (χ4v) is 1.96. The number of hydrogen-bond donors (Lipinski definition) is 1. The molecule has 0 fully saturated rings. The second-order valence-electron chi connectivity index (χ2n) is 2.81. The molecule has 2 aromatic rings. The maximum Gasteiger partial charge on any atom is 0.310 e. The van der Waals surface area contributed by atoms with Crippen LogP contribution in [0.5, 0.6) is 0 Å². The lowest BCUT2D eigenvalue weighted by Gasteiger charge is -1.92. The molecule has 8 heteroatoms. The highest BCUT2D eigenvalue weighted by Gasteiger charge is 2.12. The molecule has 0 aliphatic rings. The van der Waals surface area contributed by atoms with Crippen LogP contribution in [0.15, 0.2) is 0 Å². The highest BCUT2D eigenvalue weighted by Crippen LogP contribution is 2.14. The molecule has 2 aromatic heterocycles. The van der Waals surface area contributed by atoms with Crippen molar-refractivity contribution in [2.75, 3.05) is 7.11 Å². The first-order valence-corrected chi connectivity index (χ1v) is 4.93. The molecular formula is C7H8N4O3S. The zero-order valence-electron chi connectivity index (χ0n) is 7.88. The average molecular weight is 228 g/mol. The number of methoxy groups -OCH3 is 1. The smallest absolute Gasteiger partial charge is 0.310 e. The normalized spacial score (nSPS) is 11.0. The van der Waals surface area contributed by atoms with Gasteiger partial charge in [-0.05, 0) is 0 Å². The average Bonchev–Trinajstić information content (AvgIpc) is 2.67. The van der Waals surface area contributed by atoms with Crippen LogP contribution in [0.3, 0.4) is 0 Å². The number of aliphatic carboxylic acids is 1. The fraction of sp³-hybridized carbons (Fsp3) is 0.429. The summed E-state index contributed by atoms with van der Waals surface area (Å²) in [5.74, 6) is -0.339. The molecule has 0 aliphatic heterocycles. The van der Waals surface area contributed by atoms with Gasteiger partial charge in [0.2, 0.25) is 4.96 Å². The number of rotatable bonds is 4. The van der Waals surface area contributed by atoms with Gasteiger partial charge in [-0.3, -0.25) is 4.79 Å². The lowest BCUT2D eigenvalue weighted by molar-refractivity contribution is -0.136. The van der Waals surface area contributed by atoms with Gasteiger partial charge < -0.3 is 9.84 Å². The molecule has 7 nitrogen and oxygen atoms in total. The number of hydrogen-bond acceptors (Lipinski definition) is 6. The molecule has 2 heterocycles. The Bertz CT molecular complexity index is 491. The largest absolute Gasteiger partial charge is 0.481 e. The van der Waals surface area contributed by atoms with Crippen molar-refractivity contribution >= 4 is 22.3 Å². The number of carboxylic acid groups (broad SMARTS) is 1. The summed E-state index contributed by atoms with van der Waals surface area (Å²) in [4.78, 5) is 11.1. The van der Waals surface area contributed by atoms with E-state index in [1.165, 1.54) is 15.9 Å². The van der Waals surface area contributed by atoms with E-state index in [2.05, 4.69) is 15.3 Å². The summed E-state index contributed by atoms with van der Waals surface area (Å²) in [5, 5.41) is 20.9. The van der Waals surface area contributed by atoms with Crippen LogP contribution in [0.2, 0.25) is 0 Å². The second kappa shape index (κ2) is 3.91. The Morgan fingerprint density at radius 1 is 1.60 bits per heavy atom. The van der Waals surface area contributed by atoms with Gasteiger partial charge in [0.25, 0.3) is 0 Å². The third kappa shape index (κ3) is 1.95. The highest BCUT2D eigenvalue weighted by molar-refractivity contribution is 7.16. The van der Waals surface area contributed by atoms with Crippen LogP contribution in [0, 0.1) is 0 Å². The van der Waals surface area contributed by atoms with Gasteiger partial charge in [-0.15, -0.1) is 10.2 Å². The summed E-state index contributed by atoms with van der Waals surface area (Å²) in [6.07, 6.45) is -0.0968. The van der Waals surface area contributed by atoms with E-state index in [1.54, 1.807) is 7.11 Å². The molecule has 15 heavy (non-hydrogen) atoms. The van der Waals surface area contributed by atoms with Gasteiger partial charge in [-0.25, -0.2) is 0 Å². The number of aromatic nitrogens is 4. The number of carbonyl (C=O) groups is 1. The highest BCUT2D eigenvalue weighted by atomic mass is 32.1. The van der Waals surface area contributed by atoms with Crippen LogP contribution < -0.4 is 0 Å². The Labute approximate surface area is 88.3 Å². The zero-order chi connectivity index (χ0) is 10.8. The molecule has 0 aromatic carbocycles. The second-order valence-corrected chi connectivity index (χ2v) is 3.85. The SMILES string of the molecule is COCc1nnc2sc(CC(=O)O)nn12. The van der Waals surface area contributed by atoms with Gasteiger partial charge in [0.15, 0.2) is 5.82 Å². The lowest BCUT2D eigenvalue weighted by Crippen LogP contribution is -2.02. The van der Waals surface area contributed by atoms with Crippen LogP contribution in [-0.4, -0.2) is 38.0 Å². The molecule has 2 rings (SSSR count). The van der Waals surface area contributed by atoms with E-state index in [4.69, 9.17) is 9.84 Å². The Kier molecular flexibility index (Phi) is 2.60. The van der Waals surface area contributed by atoms with E-state index in [0.717, 1.165) is 0 Å². The molecule has 0 saturated carbocycles. The van der Waals surface area contributed by atoms with Crippen molar-refractivity contribution in [3.63, 3.8) is 0 Å². The minimum absolute atomic E-state index is 0.0968. The number of fused-ring (bicyclic) bond motifs is 1. The van der Waals surface area contributed by atoms with E-state index in [9.17, 15) is 4.79 Å². The lowest BCUT2D eigenvalue weighted by atomic mass is 10.5. The summed E-state index contributed by atoms with van der Waals surface area (Å²) in [7, 11) is 1.55. The fourth-order valence-electron chi connectivity index (χ4n) is 1.12. The standard InChI is InChI=1S/C7H8N4O3S/c1-14-3-4-8-9-7-11(4)10-5(15-7)2-6(12)13/h2-3H2,1H3,(H,12,13). The van der Waals surface area contributed by atoms with Crippen molar-refractivity contribution in [2.24, 2.45) is 0 Å². The monoisotopic (exact) mass is 228 g/mol. The first kappa shape index (κ1) is 9.99. The Morgan fingerprint density at radius 3 is 3.07 bits per heavy atom. The molecule has 0 atom stereocenters. The number of nitrogens with zero attached hydrogens (tertiary/aromatic N) is 4. The maximum atomic E-state index is 10.5. The van der Waals surface area contributed by atoms with Gasteiger partial charge in [-0.2, -0.15) is 9.61 Å². The summed E-state index contributed by atoms with van der Waals surface area (Å²) < 4.78 is 6.42. The van der Waals surface area contributed by atoms with E-state index < -0.39 is 5.97 Å². The Hall–Kier alpha value is -1.54. The molecular weight excluding hydrogens is 220 g/mol. The quantitative estimate of drug-likeness (QED) is 0.789. The summed E-state index contributed by atoms with van der Waals surface area (Å²) >= 11 is 1.21. The van der Waals surface area contributed by atoms with Crippen LogP contribution in [0.4, 0.5) is 0 Å². The van der Waals surface area contributed by atoms with Crippen molar-refractivity contribution < 1.29 is 14.6 Å². The van der Waals surface area contributed by atoms with E-state index in [1.807, 2.05) is 0 Å². The van der Waals surface area contributed by atoms with Crippen molar-refractivity contribution in [2.45, 2.75) is 13.0 Å². The van der Waals surface area contributed by atoms with Gasteiger partial charge in [-0.1, -0.05) is 11.3 Å². The molecule has 0 spiro atoms. The van der Waals surface area contributed by atoms with Crippen molar-refractivity contribution in [1.29, 1.82) is 0 Å². The summed E-state index contributed by atoms with van der Waals surface area (Å²) in [5.41, 5.74) is 0. The first-order valence-electron chi connectivity index (χ1n) is 4.11. The third-order valence-electron chi connectivity index (χ3n) is 1.67. The molecule has 0 amide bonds. The van der Waals surface area contributed by atoms with Gasteiger partial charge in [0.1, 0.15) is 11.6 Å². The molecule has 80 valence electrons. The van der Waals surface area contributed by atoms with Crippen LogP contribution >= 0.6 is 11.3 Å². The van der Waals surface area contributed by atoms with Crippen LogP contribution in [-0.2, 0) is 22.6 Å². The van der Waals surface area contributed by atoms with Gasteiger partial charge >= 0.3 is 5.97 Å². The predicted octanol–water partition coefficient (Wildman–Crippen LogP) is -0.0407.